The highest BCUT2D eigenvalue weighted by Gasteiger charge is 2.44. The zero-order valence-corrected chi connectivity index (χ0v) is 22.6. The van der Waals surface area contributed by atoms with Gasteiger partial charge in [0.25, 0.3) is 0 Å². The summed E-state index contributed by atoms with van der Waals surface area (Å²) >= 11 is 7.24. The van der Waals surface area contributed by atoms with Gasteiger partial charge in [0.2, 0.25) is 5.91 Å². The van der Waals surface area contributed by atoms with Crippen LogP contribution in [0.1, 0.15) is 5.56 Å². The molecule has 210 valence electrons. The minimum Gasteiger partial charge on any atom is -0.380 e. The van der Waals surface area contributed by atoms with Gasteiger partial charge in [0.05, 0.1) is 29.3 Å². The molecule has 4 heterocycles. The van der Waals surface area contributed by atoms with Gasteiger partial charge in [0.15, 0.2) is 0 Å². The van der Waals surface area contributed by atoms with Crippen LogP contribution in [-0.2, 0) is 22.3 Å². The first kappa shape index (κ1) is 27.1. The summed E-state index contributed by atoms with van der Waals surface area (Å²) in [5.41, 5.74) is -1.66. The summed E-state index contributed by atoms with van der Waals surface area (Å²) in [6.45, 7) is 5.64. The largest absolute Gasteiger partial charge is 0.417 e. The van der Waals surface area contributed by atoms with Crippen molar-refractivity contribution in [2.45, 2.75) is 17.6 Å². The quantitative estimate of drug-likeness (QED) is 0.320. The first-order valence-corrected chi connectivity index (χ1v) is 13.9. The highest BCUT2D eigenvalue weighted by Crippen LogP contribution is 2.51. The molecule has 3 aromatic rings. The number of benzene rings is 2. The Bertz CT molecular complexity index is 1610. The number of hydrogen-bond donors (Lipinski definition) is 0. The third-order valence-electron chi connectivity index (χ3n) is 7.61. The van der Waals surface area contributed by atoms with Crippen molar-refractivity contribution in [3.63, 3.8) is 0 Å². The van der Waals surface area contributed by atoms with Crippen molar-refractivity contribution in [3.05, 3.63) is 63.8 Å². The van der Waals surface area contributed by atoms with E-state index in [4.69, 9.17) is 16.3 Å². The van der Waals surface area contributed by atoms with Crippen LogP contribution in [0.15, 0.2) is 46.6 Å². The Morgan fingerprint density at radius 2 is 1.90 bits per heavy atom. The third kappa shape index (κ3) is 4.46. The lowest BCUT2D eigenvalue weighted by atomic mass is 9.88. The van der Waals surface area contributed by atoms with Crippen LogP contribution in [0.2, 0.25) is 5.02 Å². The van der Waals surface area contributed by atoms with Gasteiger partial charge in [0.1, 0.15) is 11.6 Å². The molecule has 2 saturated heterocycles. The summed E-state index contributed by atoms with van der Waals surface area (Å²) in [6.07, 6.45) is -3.57. The second kappa shape index (κ2) is 9.78. The minimum atomic E-state index is -4.78. The predicted octanol–water partition coefficient (Wildman–Crippen LogP) is 4.83. The molecular formula is C27H23ClF4N4O3S. The maximum Gasteiger partial charge on any atom is 0.417 e. The summed E-state index contributed by atoms with van der Waals surface area (Å²) in [5, 5.41) is -0.118. The molecule has 2 aromatic carbocycles. The number of aromatic nitrogens is 2. The predicted molar refractivity (Wildman–Crippen MR) is 144 cm³/mol. The van der Waals surface area contributed by atoms with Crippen LogP contribution in [0.4, 0.5) is 23.4 Å². The van der Waals surface area contributed by atoms with Crippen molar-refractivity contribution >= 4 is 46.0 Å². The molecule has 0 radical (unpaired) electrons. The van der Waals surface area contributed by atoms with Crippen LogP contribution in [0.5, 0.6) is 0 Å². The summed E-state index contributed by atoms with van der Waals surface area (Å²) in [6, 6.07) is 4.51. The van der Waals surface area contributed by atoms with E-state index in [0.29, 0.717) is 37.6 Å². The summed E-state index contributed by atoms with van der Waals surface area (Å²) in [7, 11) is 0. The SMILES string of the molecule is C=CC(=O)N1CCN(c2nc(=O)n3c4c(c(-c5ccc(F)c(Cl)c5)c(C(F)(F)F)cc24)SCC2(COC2)C3)CC1. The molecule has 6 rings (SSSR count). The molecule has 0 N–H and O–H groups in total. The molecular weight excluding hydrogens is 572 g/mol. The topological polar surface area (TPSA) is 67.7 Å². The fourth-order valence-corrected chi connectivity index (χ4v) is 7.14. The lowest BCUT2D eigenvalue weighted by molar-refractivity contribution is -0.137. The molecule has 1 aromatic heterocycles. The Morgan fingerprint density at radius 1 is 1.18 bits per heavy atom. The van der Waals surface area contributed by atoms with Crippen molar-refractivity contribution < 1.29 is 27.1 Å². The van der Waals surface area contributed by atoms with Crippen LogP contribution < -0.4 is 10.6 Å². The van der Waals surface area contributed by atoms with Crippen LogP contribution >= 0.6 is 23.4 Å². The van der Waals surface area contributed by atoms with Gasteiger partial charge in [0, 0.05) is 59.7 Å². The van der Waals surface area contributed by atoms with Gasteiger partial charge in [-0.15, -0.1) is 11.8 Å². The van der Waals surface area contributed by atoms with Crippen LogP contribution in [0, 0.1) is 11.2 Å². The van der Waals surface area contributed by atoms with E-state index in [9.17, 15) is 27.2 Å². The number of amides is 1. The Morgan fingerprint density at radius 3 is 2.50 bits per heavy atom. The smallest absolute Gasteiger partial charge is 0.380 e. The normalized spacial score (nSPS) is 18.5. The molecule has 1 amide bonds. The van der Waals surface area contributed by atoms with E-state index in [0.717, 1.165) is 12.1 Å². The number of carbonyl (C=O) groups is 1. The number of nitrogens with zero attached hydrogens (tertiary/aromatic N) is 4. The number of carbonyl (C=O) groups excluding carboxylic acids is 1. The molecule has 7 nitrogen and oxygen atoms in total. The van der Waals surface area contributed by atoms with Gasteiger partial charge in [-0.1, -0.05) is 24.2 Å². The van der Waals surface area contributed by atoms with Crippen LogP contribution in [0.3, 0.4) is 0 Å². The van der Waals surface area contributed by atoms with Gasteiger partial charge >= 0.3 is 11.9 Å². The highest BCUT2D eigenvalue weighted by molar-refractivity contribution is 7.99. The van der Waals surface area contributed by atoms with E-state index in [2.05, 4.69) is 11.6 Å². The monoisotopic (exact) mass is 594 g/mol. The van der Waals surface area contributed by atoms with Gasteiger partial charge in [-0.2, -0.15) is 18.2 Å². The number of piperazine rings is 1. The van der Waals surface area contributed by atoms with E-state index in [1.165, 1.54) is 34.5 Å². The Hall–Kier alpha value is -3.09. The Labute approximate surface area is 235 Å². The molecule has 1 spiro atoms. The number of halogens is 5. The molecule has 3 aliphatic rings. The number of rotatable bonds is 3. The van der Waals surface area contributed by atoms with E-state index < -0.39 is 28.7 Å². The second-order valence-corrected chi connectivity index (χ2v) is 11.6. The van der Waals surface area contributed by atoms with Gasteiger partial charge < -0.3 is 14.5 Å². The first-order valence-electron chi connectivity index (χ1n) is 12.5. The van der Waals surface area contributed by atoms with Crippen molar-refractivity contribution in [1.29, 1.82) is 0 Å². The van der Waals surface area contributed by atoms with E-state index in [-0.39, 0.29) is 57.8 Å². The van der Waals surface area contributed by atoms with Crippen molar-refractivity contribution in [2.24, 2.45) is 5.41 Å². The fraction of sp³-hybridized carbons (Fsp3) is 0.370. The maximum absolute atomic E-state index is 14.7. The number of ether oxygens (including phenoxy) is 1. The van der Waals surface area contributed by atoms with Gasteiger partial charge in [-0.25, -0.2) is 9.18 Å². The summed E-state index contributed by atoms with van der Waals surface area (Å²) in [4.78, 5) is 33.5. The van der Waals surface area contributed by atoms with Gasteiger partial charge in [-0.05, 0) is 29.8 Å². The van der Waals surface area contributed by atoms with Gasteiger partial charge in [-0.3, -0.25) is 9.36 Å². The van der Waals surface area contributed by atoms with E-state index >= 15 is 0 Å². The lowest BCUT2D eigenvalue weighted by Crippen LogP contribution is -2.50. The summed E-state index contributed by atoms with van der Waals surface area (Å²) in [5.74, 6) is -0.433. The molecule has 40 heavy (non-hydrogen) atoms. The molecule has 13 heteroatoms. The molecule has 0 atom stereocenters. The molecule has 0 aliphatic carbocycles. The number of anilines is 1. The molecule has 0 saturated carbocycles. The third-order valence-corrected chi connectivity index (χ3v) is 9.34. The van der Waals surface area contributed by atoms with Crippen molar-refractivity contribution in [2.75, 3.05) is 50.0 Å². The average Bonchev–Trinajstić information content (AvgIpc) is 3.10. The minimum absolute atomic E-state index is 0.0952. The van der Waals surface area contributed by atoms with E-state index in [1.54, 1.807) is 9.80 Å². The average molecular weight is 595 g/mol. The molecule has 0 bridgehead atoms. The second-order valence-electron chi connectivity index (χ2n) is 10.3. The standard InChI is InChI=1S/C27H23ClF4N4O3S/c1-2-20(37)34-5-7-35(8-6-34)24-16-10-17(27(30,31)32)21(15-3-4-19(29)18(28)9-15)23-22(16)36(25(38)33-24)11-26(14-40-23)12-39-13-26/h2-4,9-10H,1,5-8,11-14H2. The summed E-state index contributed by atoms with van der Waals surface area (Å²) < 4.78 is 65.2. The van der Waals surface area contributed by atoms with Crippen LogP contribution in [0.25, 0.3) is 22.0 Å². The maximum atomic E-state index is 14.7. The van der Waals surface area contributed by atoms with E-state index in [1.807, 2.05) is 0 Å². The molecule has 0 unspecified atom stereocenters. The zero-order chi connectivity index (χ0) is 28.4. The number of alkyl halides is 3. The fourth-order valence-electron chi connectivity index (χ4n) is 5.52. The van der Waals surface area contributed by atoms with Crippen molar-refractivity contribution in [3.8, 4) is 11.1 Å². The Kier molecular flexibility index (Phi) is 6.62. The highest BCUT2D eigenvalue weighted by atomic mass is 35.5. The molecule has 3 aliphatic heterocycles. The van der Waals surface area contributed by atoms with Crippen LogP contribution in [-0.4, -0.2) is 65.5 Å². The lowest BCUT2D eigenvalue weighted by Gasteiger charge is -2.40. The molecule has 2 fully saturated rings. The number of hydrogen-bond acceptors (Lipinski definition) is 6. The Balaban J connectivity index is 1.62. The van der Waals surface area contributed by atoms with Crippen molar-refractivity contribution in [1.82, 2.24) is 14.5 Å². The zero-order valence-electron chi connectivity index (χ0n) is 21.1. The number of thioether (sulfide) groups is 1. The first-order chi connectivity index (χ1) is 19.0.